The Bertz CT molecular complexity index is 241. The second-order valence-corrected chi connectivity index (χ2v) is 2.51. The minimum Gasteiger partial charge on any atom is -0.467 e. The highest BCUT2D eigenvalue weighted by Gasteiger charge is 2.16. The van der Waals surface area contributed by atoms with Gasteiger partial charge in [0.2, 0.25) is 0 Å². The molecule has 0 amide bonds. The van der Waals surface area contributed by atoms with Crippen LogP contribution in [0.15, 0.2) is 48.1 Å². The van der Waals surface area contributed by atoms with Crippen LogP contribution in [0.5, 0.6) is 0 Å². The van der Waals surface area contributed by atoms with Crippen LogP contribution in [0.25, 0.3) is 0 Å². The summed E-state index contributed by atoms with van der Waals surface area (Å²) >= 11 is 0. The van der Waals surface area contributed by atoms with Crippen LogP contribution in [0.3, 0.4) is 0 Å². The summed E-state index contributed by atoms with van der Waals surface area (Å²) in [6, 6.07) is 3.46. The van der Waals surface area contributed by atoms with Gasteiger partial charge in [0.1, 0.15) is 11.9 Å². The van der Waals surface area contributed by atoms with Crippen molar-refractivity contribution in [2.24, 2.45) is 5.92 Å². The molecule has 2 nitrogen and oxygen atoms in total. The molecule has 1 aromatic heterocycles. The van der Waals surface area contributed by atoms with Gasteiger partial charge in [0.25, 0.3) is 0 Å². The number of hydrogen-bond acceptors (Lipinski definition) is 2. The normalized spacial score (nSPS) is 12.8. The van der Waals surface area contributed by atoms with Gasteiger partial charge < -0.3 is 9.52 Å². The molecule has 1 heterocycles. The molecule has 12 heavy (non-hydrogen) atoms. The molecule has 0 saturated heterocycles. The molecule has 0 radical (unpaired) electrons. The monoisotopic (exact) mass is 164 g/mol. The molecule has 0 fully saturated rings. The first-order valence-electron chi connectivity index (χ1n) is 3.76. The van der Waals surface area contributed by atoms with Gasteiger partial charge in [-0.1, -0.05) is 12.2 Å². The minimum absolute atomic E-state index is 0.156. The van der Waals surface area contributed by atoms with E-state index in [9.17, 15) is 5.11 Å². The lowest BCUT2D eigenvalue weighted by Gasteiger charge is -2.12. The molecule has 0 saturated carbocycles. The first kappa shape index (κ1) is 8.81. The van der Waals surface area contributed by atoms with E-state index in [0.29, 0.717) is 5.76 Å². The van der Waals surface area contributed by atoms with E-state index in [0.717, 1.165) is 0 Å². The van der Waals surface area contributed by atoms with Gasteiger partial charge in [-0.25, -0.2) is 0 Å². The Kier molecular flexibility index (Phi) is 2.88. The van der Waals surface area contributed by atoms with Gasteiger partial charge in [-0.3, -0.25) is 0 Å². The summed E-state index contributed by atoms with van der Waals surface area (Å²) in [5.74, 6) is 0.385. The molecule has 1 rings (SSSR count). The van der Waals surface area contributed by atoms with Gasteiger partial charge in [0.05, 0.1) is 6.26 Å². The lowest BCUT2D eigenvalue weighted by Crippen LogP contribution is -2.06. The Hall–Kier alpha value is -1.28. The molecule has 2 heteroatoms. The summed E-state index contributed by atoms with van der Waals surface area (Å²) in [6.45, 7) is 7.18. The van der Waals surface area contributed by atoms with Crippen LogP contribution in [0.2, 0.25) is 0 Å². The maximum Gasteiger partial charge on any atom is 0.133 e. The Morgan fingerprint density at radius 3 is 2.50 bits per heavy atom. The lowest BCUT2D eigenvalue weighted by atomic mass is 10.0. The third-order valence-corrected chi connectivity index (χ3v) is 1.74. The van der Waals surface area contributed by atoms with E-state index in [1.165, 1.54) is 6.26 Å². The van der Waals surface area contributed by atoms with Crippen molar-refractivity contribution >= 4 is 0 Å². The quantitative estimate of drug-likeness (QED) is 0.693. The highest BCUT2D eigenvalue weighted by Crippen LogP contribution is 2.23. The fourth-order valence-corrected chi connectivity index (χ4v) is 1.00. The van der Waals surface area contributed by atoms with Crippen LogP contribution in [-0.4, -0.2) is 5.11 Å². The van der Waals surface area contributed by atoms with Crippen molar-refractivity contribution < 1.29 is 9.52 Å². The van der Waals surface area contributed by atoms with Crippen molar-refractivity contribution in [3.8, 4) is 0 Å². The third kappa shape index (κ3) is 1.66. The second kappa shape index (κ2) is 3.93. The van der Waals surface area contributed by atoms with Crippen LogP contribution in [0, 0.1) is 5.92 Å². The molecule has 0 aliphatic rings. The van der Waals surface area contributed by atoms with Crippen LogP contribution >= 0.6 is 0 Å². The van der Waals surface area contributed by atoms with Gasteiger partial charge in [-0.15, -0.1) is 13.2 Å². The summed E-state index contributed by atoms with van der Waals surface area (Å²) in [6.07, 6.45) is 4.14. The Morgan fingerprint density at radius 2 is 2.08 bits per heavy atom. The van der Waals surface area contributed by atoms with E-state index < -0.39 is 6.10 Å². The van der Waals surface area contributed by atoms with Crippen molar-refractivity contribution in [3.63, 3.8) is 0 Å². The summed E-state index contributed by atoms with van der Waals surface area (Å²) in [5, 5.41) is 9.63. The smallest absolute Gasteiger partial charge is 0.133 e. The highest BCUT2D eigenvalue weighted by molar-refractivity contribution is 5.09. The molecule has 1 unspecified atom stereocenters. The standard InChI is InChI=1S/C10H12O2/c1-3-8(4-2)10(11)9-6-5-7-12-9/h3-8,10-11H,1-2H2. The van der Waals surface area contributed by atoms with Gasteiger partial charge in [0.15, 0.2) is 0 Å². The lowest BCUT2D eigenvalue weighted by molar-refractivity contribution is 0.125. The Morgan fingerprint density at radius 1 is 1.42 bits per heavy atom. The molecule has 1 N–H and O–H groups in total. The number of hydrogen-bond donors (Lipinski definition) is 1. The molecule has 1 aromatic rings. The molecule has 0 bridgehead atoms. The van der Waals surface area contributed by atoms with E-state index in [1.54, 1.807) is 24.3 Å². The molecular formula is C10H12O2. The fourth-order valence-electron chi connectivity index (χ4n) is 1.00. The Balaban J connectivity index is 2.76. The zero-order valence-corrected chi connectivity index (χ0v) is 6.81. The van der Waals surface area contributed by atoms with Crippen molar-refractivity contribution in [2.45, 2.75) is 6.10 Å². The van der Waals surface area contributed by atoms with Crippen LogP contribution in [0.4, 0.5) is 0 Å². The highest BCUT2D eigenvalue weighted by atomic mass is 16.4. The van der Waals surface area contributed by atoms with Gasteiger partial charge >= 0.3 is 0 Å². The van der Waals surface area contributed by atoms with Crippen molar-refractivity contribution in [1.82, 2.24) is 0 Å². The average Bonchev–Trinajstić information content (AvgIpc) is 2.58. The third-order valence-electron chi connectivity index (χ3n) is 1.74. The summed E-state index contributed by atoms with van der Waals surface area (Å²) in [7, 11) is 0. The fraction of sp³-hybridized carbons (Fsp3) is 0.200. The molecule has 0 aromatic carbocycles. The van der Waals surface area contributed by atoms with E-state index in [-0.39, 0.29) is 5.92 Å². The second-order valence-electron chi connectivity index (χ2n) is 2.51. The largest absolute Gasteiger partial charge is 0.467 e. The maximum atomic E-state index is 9.63. The van der Waals surface area contributed by atoms with Crippen molar-refractivity contribution in [3.05, 3.63) is 49.5 Å². The van der Waals surface area contributed by atoms with E-state index >= 15 is 0 Å². The maximum absolute atomic E-state index is 9.63. The number of furan rings is 1. The predicted molar refractivity (Wildman–Crippen MR) is 47.6 cm³/mol. The zero-order valence-electron chi connectivity index (χ0n) is 6.81. The molecule has 0 aliphatic heterocycles. The number of aliphatic hydroxyl groups is 1. The molecule has 0 aliphatic carbocycles. The van der Waals surface area contributed by atoms with Gasteiger partial charge in [-0.05, 0) is 12.1 Å². The molecular weight excluding hydrogens is 152 g/mol. The summed E-state index contributed by atoms with van der Waals surface area (Å²) in [4.78, 5) is 0. The van der Waals surface area contributed by atoms with Crippen molar-refractivity contribution in [1.29, 1.82) is 0 Å². The molecule has 0 spiro atoms. The number of aliphatic hydroxyl groups excluding tert-OH is 1. The van der Waals surface area contributed by atoms with Crippen LogP contribution in [-0.2, 0) is 0 Å². The van der Waals surface area contributed by atoms with E-state index in [1.807, 2.05) is 0 Å². The Labute approximate surface area is 71.8 Å². The molecule has 64 valence electrons. The van der Waals surface area contributed by atoms with Crippen molar-refractivity contribution in [2.75, 3.05) is 0 Å². The average molecular weight is 164 g/mol. The first-order valence-corrected chi connectivity index (χ1v) is 3.76. The predicted octanol–water partition coefficient (Wildman–Crippen LogP) is 2.30. The minimum atomic E-state index is -0.671. The van der Waals surface area contributed by atoms with Gasteiger partial charge in [-0.2, -0.15) is 0 Å². The summed E-state index contributed by atoms with van der Waals surface area (Å²) in [5.41, 5.74) is 0. The SMILES string of the molecule is C=CC(C=C)C(O)c1ccco1. The van der Waals surface area contributed by atoms with Crippen LogP contribution < -0.4 is 0 Å². The van der Waals surface area contributed by atoms with E-state index in [4.69, 9.17) is 4.42 Å². The van der Waals surface area contributed by atoms with E-state index in [2.05, 4.69) is 13.2 Å². The summed E-state index contributed by atoms with van der Waals surface area (Å²) < 4.78 is 5.03. The number of rotatable bonds is 4. The van der Waals surface area contributed by atoms with Crippen LogP contribution in [0.1, 0.15) is 11.9 Å². The van der Waals surface area contributed by atoms with Gasteiger partial charge in [0, 0.05) is 5.92 Å². The molecule has 1 atom stereocenters. The zero-order chi connectivity index (χ0) is 8.97. The topological polar surface area (TPSA) is 33.4 Å². The first-order chi connectivity index (χ1) is 5.79.